The summed E-state index contributed by atoms with van der Waals surface area (Å²) in [5.74, 6) is 0.0340. The largest absolute Gasteiger partial charge is 0.378 e. The Morgan fingerprint density at radius 2 is 2.31 bits per heavy atom. The minimum absolute atomic E-state index is 0.241. The van der Waals surface area contributed by atoms with E-state index in [4.69, 9.17) is 4.74 Å². The van der Waals surface area contributed by atoms with Gasteiger partial charge in [-0.05, 0) is 0 Å². The van der Waals surface area contributed by atoms with E-state index in [9.17, 15) is 4.39 Å². The van der Waals surface area contributed by atoms with Crippen LogP contribution in [0.25, 0.3) is 0 Å². The van der Waals surface area contributed by atoms with Crippen LogP contribution in [-0.4, -0.2) is 36.3 Å². The molecule has 0 unspecified atom stereocenters. The lowest BCUT2D eigenvalue weighted by Crippen LogP contribution is -2.52. The standard InChI is InChI=1S/C8H10FN3O/c1-13-6-4-12(5-6)8-3-10-2-7(9)11-8/h2-3,6H,4-5H2,1H3. The number of nitrogens with zero attached hydrogens (tertiary/aromatic N) is 3. The van der Waals surface area contributed by atoms with Crippen LogP contribution in [0, 0.1) is 5.95 Å². The number of methoxy groups -OCH3 is 1. The highest BCUT2D eigenvalue weighted by atomic mass is 19.1. The normalized spacial score (nSPS) is 17.2. The smallest absolute Gasteiger partial charge is 0.233 e. The van der Waals surface area contributed by atoms with E-state index >= 15 is 0 Å². The van der Waals surface area contributed by atoms with Gasteiger partial charge in [0.15, 0.2) is 5.82 Å². The number of hydrogen-bond acceptors (Lipinski definition) is 4. The molecule has 4 nitrogen and oxygen atoms in total. The van der Waals surface area contributed by atoms with E-state index in [0.29, 0.717) is 5.82 Å². The Morgan fingerprint density at radius 3 is 2.92 bits per heavy atom. The summed E-state index contributed by atoms with van der Waals surface area (Å²) in [5, 5.41) is 0. The maximum atomic E-state index is 12.6. The van der Waals surface area contributed by atoms with E-state index in [0.717, 1.165) is 19.3 Å². The fraction of sp³-hybridized carbons (Fsp3) is 0.500. The minimum atomic E-state index is -0.543. The van der Waals surface area contributed by atoms with Crippen molar-refractivity contribution in [3.8, 4) is 0 Å². The van der Waals surface area contributed by atoms with Crippen molar-refractivity contribution in [1.82, 2.24) is 9.97 Å². The molecule has 0 amide bonds. The molecule has 1 aromatic rings. The van der Waals surface area contributed by atoms with Gasteiger partial charge in [-0.1, -0.05) is 0 Å². The average molecular weight is 183 g/mol. The minimum Gasteiger partial charge on any atom is -0.378 e. The van der Waals surface area contributed by atoms with Gasteiger partial charge in [0.05, 0.1) is 18.5 Å². The van der Waals surface area contributed by atoms with Gasteiger partial charge in [-0.2, -0.15) is 9.37 Å². The highest BCUT2D eigenvalue weighted by molar-refractivity contribution is 5.39. The molecule has 0 radical (unpaired) electrons. The van der Waals surface area contributed by atoms with Crippen molar-refractivity contribution in [2.24, 2.45) is 0 Å². The second-order valence-electron chi connectivity index (χ2n) is 2.96. The van der Waals surface area contributed by atoms with Crippen molar-refractivity contribution < 1.29 is 9.13 Å². The summed E-state index contributed by atoms with van der Waals surface area (Å²) in [6, 6.07) is 0. The average Bonchev–Trinajstić information content (AvgIpc) is 2.02. The molecule has 1 aromatic heterocycles. The number of halogens is 1. The third-order valence-corrected chi connectivity index (χ3v) is 2.10. The summed E-state index contributed by atoms with van der Waals surface area (Å²) < 4.78 is 17.7. The molecule has 0 N–H and O–H groups in total. The van der Waals surface area contributed by atoms with Gasteiger partial charge in [-0.3, -0.25) is 4.98 Å². The third kappa shape index (κ3) is 1.60. The highest BCUT2D eigenvalue weighted by Crippen LogP contribution is 2.18. The van der Waals surface area contributed by atoms with Gasteiger partial charge in [0.2, 0.25) is 5.95 Å². The van der Waals surface area contributed by atoms with Gasteiger partial charge in [0.25, 0.3) is 0 Å². The Morgan fingerprint density at radius 1 is 1.54 bits per heavy atom. The molecule has 0 bridgehead atoms. The van der Waals surface area contributed by atoms with Gasteiger partial charge in [-0.15, -0.1) is 0 Å². The summed E-state index contributed by atoms with van der Waals surface area (Å²) in [6.07, 6.45) is 2.89. The maximum Gasteiger partial charge on any atom is 0.233 e. The lowest BCUT2D eigenvalue weighted by Gasteiger charge is -2.38. The van der Waals surface area contributed by atoms with Crippen molar-refractivity contribution in [3.05, 3.63) is 18.3 Å². The molecule has 1 saturated heterocycles. The molecule has 70 valence electrons. The molecule has 2 rings (SSSR count). The molecule has 0 atom stereocenters. The van der Waals surface area contributed by atoms with E-state index < -0.39 is 5.95 Å². The lowest BCUT2D eigenvalue weighted by molar-refractivity contribution is 0.0782. The summed E-state index contributed by atoms with van der Waals surface area (Å²) in [4.78, 5) is 9.34. The summed E-state index contributed by atoms with van der Waals surface area (Å²) in [5.41, 5.74) is 0. The quantitative estimate of drug-likeness (QED) is 0.667. The number of ether oxygens (including phenoxy) is 1. The highest BCUT2D eigenvalue weighted by Gasteiger charge is 2.27. The van der Waals surface area contributed by atoms with Gasteiger partial charge in [-0.25, -0.2) is 0 Å². The van der Waals surface area contributed by atoms with Crippen LogP contribution >= 0.6 is 0 Å². The topological polar surface area (TPSA) is 38.2 Å². The van der Waals surface area contributed by atoms with Crippen molar-refractivity contribution in [1.29, 1.82) is 0 Å². The molecule has 5 heteroatoms. The van der Waals surface area contributed by atoms with E-state index in [2.05, 4.69) is 9.97 Å². The number of rotatable bonds is 2. The molecule has 1 aliphatic rings. The fourth-order valence-corrected chi connectivity index (χ4v) is 1.26. The second kappa shape index (κ2) is 3.26. The van der Waals surface area contributed by atoms with Crippen LogP contribution in [-0.2, 0) is 4.74 Å². The zero-order chi connectivity index (χ0) is 9.26. The first kappa shape index (κ1) is 8.37. The third-order valence-electron chi connectivity index (χ3n) is 2.10. The Bertz CT molecular complexity index is 301. The van der Waals surface area contributed by atoms with Gasteiger partial charge in [0, 0.05) is 20.2 Å². The van der Waals surface area contributed by atoms with Crippen LogP contribution in [0.3, 0.4) is 0 Å². The number of aromatic nitrogens is 2. The van der Waals surface area contributed by atoms with Crippen LogP contribution in [0.4, 0.5) is 10.2 Å². The van der Waals surface area contributed by atoms with Crippen LogP contribution in [0.2, 0.25) is 0 Å². The zero-order valence-electron chi connectivity index (χ0n) is 7.27. The Hall–Kier alpha value is -1.23. The molecule has 1 fully saturated rings. The molecule has 0 spiro atoms. The Balaban J connectivity index is 2.03. The first-order valence-corrected chi connectivity index (χ1v) is 4.05. The summed E-state index contributed by atoms with van der Waals surface area (Å²) >= 11 is 0. The van der Waals surface area contributed by atoms with E-state index in [1.54, 1.807) is 13.3 Å². The molecule has 1 aliphatic heterocycles. The van der Waals surface area contributed by atoms with Crippen molar-refractivity contribution in [2.45, 2.75) is 6.10 Å². The predicted octanol–water partition coefficient (Wildman–Crippen LogP) is 0.451. The van der Waals surface area contributed by atoms with Crippen molar-refractivity contribution in [3.63, 3.8) is 0 Å². The Labute approximate surface area is 75.4 Å². The van der Waals surface area contributed by atoms with E-state index in [1.165, 1.54) is 0 Å². The van der Waals surface area contributed by atoms with Crippen LogP contribution < -0.4 is 4.90 Å². The number of anilines is 1. The summed E-state index contributed by atoms with van der Waals surface area (Å²) in [6.45, 7) is 1.52. The maximum absolute atomic E-state index is 12.6. The van der Waals surface area contributed by atoms with Crippen LogP contribution in [0.15, 0.2) is 12.4 Å². The monoisotopic (exact) mass is 183 g/mol. The first-order valence-electron chi connectivity index (χ1n) is 4.05. The van der Waals surface area contributed by atoms with Gasteiger partial charge < -0.3 is 9.64 Å². The van der Waals surface area contributed by atoms with Crippen molar-refractivity contribution in [2.75, 3.05) is 25.1 Å². The van der Waals surface area contributed by atoms with Gasteiger partial charge in [0.1, 0.15) is 0 Å². The SMILES string of the molecule is COC1CN(c2cncc(F)n2)C1. The van der Waals surface area contributed by atoms with E-state index in [1.807, 2.05) is 4.90 Å². The molecular formula is C8H10FN3O. The van der Waals surface area contributed by atoms with Crippen LogP contribution in [0.1, 0.15) is 0 Å². The van der Waals surface area contributed by atoms with Crippen LogP contribution in [0.5, 0.6) is 0 Å². The fourth-order valence-electron chi connectivity index (χ4n) is 1.26. The predicted molar refractivity (Wildman–Crippen MR) is 45.0 cm³/mol. The molecule has 2 heterocycles. The summed E-state index contributed by atoms with van der Waals surface area (Å²) in [7, 11) is 1.67. The molecule has 0 aromatic carbocycles. The van der Waals surface area contributed by atoms with Crippen molar-refractivity contribution >= 4 is 5.82 Å². The van der Waals surface area contributed by atoms with E-state index in [-0.39, 0.29) is 6.10 Å². The lowest BCUT2D eigenvalue weighted by atomic mass is 10.2. The second-order valence-corrected chi connectivity index (χ2v) is 2.96. The number of hydrogen-bond donors (Lipinski definition) is 0. The Kier molecular flexibility index (Phi) is 2.10. The molecule has 13 heavy (non-hydrogen) atoms. The zero-order valence-corrected chi connectivity index (χ0v) is 7.27. The van der Waals surface area contributed by atoms with Gasteiger partial charge >= 0.3 is 0 Å². The molecular weight excluding hydrogens is 173 g/mol. The first-order chi connectivity index (χ1) is 6.29. The molecule has 0 aliphatic carbocycles. The molecule has 0 saturated carbocycles.